The van der Waals surface area contributed by atoms with E-state index in [2.05, 4.69) is 0 Å². The Bertz CT molecular complexity index is 534. The molecule has 0 radical (unpaired) electrons. The Morgan fingerprint density at radius 1 is 1.06 bits per heavy atom. The summed E-state index contributed by atoms with van der Waals surface area (Å²) in [6.07, 6.45) is 0.226. The summed E-state index contributed by atoms with van der Waals surface area (Å²) in [7, 11) is 0. The lowest BCUT2D eigenvalue weighted by Gasteiger charge is -2.03. The molecule has 0 aliphatic rings. The van der Waals surface area contributed by atoms with Crippen LogP contribution < -0.4 is 5.73 Å². The number of hydrogen-bond acceptors (Lipinski definition) is 1. The lowest BCUT2D eigenvalue weighted by molar-refractivity contribution is -0.117. The number of primary amides is 1. The van der Waals surface area contributed by atoms with Crippen LogP contribution in [0.4, 0.5) is 4.39 Å². The van der Waals surface area contributed by atoms with Gasteiger partial charge in [-0.05, 0) is 28.8 Å². The van der Waals surface area contributed by atoms with Crippen molar-refractivity contribution in [3.63, 3.8) is 0 Å². The molecular weight excluding hydrogens is 217 g/mol. The Labute approximate surface area is 98.9 Å². The third-order valence-corrected chi connectivity index (χ3v) is 2.49. The molecular formula is C14H12FNO. The number of benzene rings is 2. The standard InChI is InChI=1S/C14H12FNO/c15-13-3-1-2-12(9-13)11-6-4-10(5-7-11)8-14(16)17/h1-7,9H,8H2,(H2,16,17). The first-order valence-corrected chi connectivity index (χ1v) is 5.28. The summed E-state index contributed by atoms with van der Waals surface area (Å²) in [5.41, 5.74) is 7.69. The second-order valence-electron chi connectivity index (χ2n) is 3.85. The topological polar surface area (TPSA) is 43.1 Å². The van der Waals surface area contributed by atoms with Crippen molar-refractivity contribution in [1.29, 1.82) is 0 Å². The van der Waals surface area contributed by atoms with Crippen molar-refractivity contribution in [2.75, 3.05) is 0 Å². The molecule has 0 unspecified atom stereocenters. The molecule has 2 nitrogen and oxygen atoms in total. The Morgan fingerprint density at radius 3 is 2.35 bits per heavy atom. The van der Waals surface area contributed by atoms with Crippen LogP contribution in [0.5, 0.6) is 0 Å². The molecule has 0 bridgehead atoms. The summed E-state index contributed by atoms with van der Waals surface area (Å²) in [4.78, 5) is 10.7. The molecule has 0 aliphatic carbocycles. The van der Waals surface area contributed by atoms with Crippen LogP contribution in [0, 0.1) is 5.82 Å². The van der Waals surface area contributed by atoms with Crippen molar-refractivity contribution in [1.82, 2.24) is 0 Å². The Balaban J connectivity index is 2.26. The van der Waals surface area contributed by atoms with Gasteiger partial charge in [-0.3, -0.25) is 4.79 Å². The molecule has 0 saturated heterocycles. The molecule has 0 heterocycles. The predicted octanol–water partition coefficient (Wildman–Crippen LogP) is 2.52. The van der Waals surface area contributed by atoms with E-state index >= 15 is 0 Å². The molecule has 0 spiro atoms. The van der Waals surface area contributed by atoms with Crippen molar-refractivity contribution in [3.05, 3.63) is 59.9 Å². The van der Waals surface area contributed by atoms with Crippen molar-refractivity contribution in [2.45, 2.75) is 6.42 Å². The third kappa shape index (κ3) is 2.91. The fraction of sp³-hybridized carbons (Fsp3) is 0.0714. The van der Waals surface area contributed by atoms with Crippen LogP contribution in [0.2, 0.25) is 0 Å². The highest BCUT2D eigenvalue weighted by Gasteiger charge is 2.01. The summed E-state index contributed by atoms with van der Waals surface area (Å²) in [5, 5.41) is 0. The lowest BCUT2D eigenvalue weighted by atomic mass is 10.0. The smallest absolute Gasteiger partial charge is 0.221 e. The van der Waals surface area contributed by atoms with Gasteiger partial charge in [-0.2, -0.15) is 0 Å². The van der Waals surface area contributed by atoms with Crippen molar-refractivity contribution in [3.8, 4) is 11.1 Å². The Kier molecular flexibility index (Phi) is 3.19. The van der Waals surface area contributed by atoms with Gasteiger partial charge in [0.1, 0.15) is 5.82 Å². The molecule has 0 aliphatic heterocycles. The monoisotopic (exact) mass is 229 g/mol. The minimum atomic E-state index is -0.358. The summed E-state index contributed by atoms with van der Waals surface area (Å²) in [5.74, 6) is -0.618. The molecule has 86 valence electrons. The predicted molar refractivity (Wildman–Crippen MR) is 64.7 cm³/mol. The van der Waals surface area contributed by atoms with E-state index in [-0.39, 0.29) is 18.1 Å². The second kappa shape index (κ2) is 4.78. The molecule has 2 rings (SSSR count). The molecule has 0 fully saturated rings. The van der Waals surface area contributed by atoms with E-state index in [1.54, 1.807) is 6.07 Å². The van der Waals surface area contributed by atoms with Crippen molar-refractivity contribution in [2.24, 2.45) is 5.73 Å². The van der Waals surface area contributed by atoms with Crippen LogP contribution in [0.1, 0.15) is 5.56 Å². The molecule has 2 aromatic rings. The van der Waals surface area contributed by atoms with Gasteiger partial charge in [-0.1, -0.05) is 36.4 Å². The van der Waals surface area contributed by atoms with Crippen LogP contribution in [-0.2, 0) is 11.2 Å². The maximum absolute atomic E-state index is 13.0. The van der Waals surface area contributed by atoms with Crippen LogP contribution in [0.3, 0.4) is 0 Å². The van der Waals surface area contributed by atoms with Gasteiger partial charge >= 0.3 is 0 Å². The zero-order chi connectivity index (χ0) is 12.3. The molecule has 3 heteroatoms. The maximum atomic E-state index is 13.0. The van der Waals surface area contributed by atoms with Crippen LogP contribution >= 0.6 is 0 Å². The largest absolute Gasteiger partial charge is 0.369 e. The number of amides is 1. The molecule has 1 amide bonds. The van der Waals surface area contributed by atoms with Crippen LogP contribution in [0.15, 0.2) is 48.5 Å². The average molecular weight is 229 g/mol. The van der Waals surface area contributed by atoms with E-state index < -0.39 is 0 Å². The van der Waals surface area contributed by atoms with E-state index in [1.165, 1.54) is 12.1 Å². The number of carbonyl (C=O) groups is 1. The SMILES string of the molecule is NC(=O)Cc1ccc(-c2cccc(F)c2)cc1. The highest BCUT2D eigenvalue weighted by molar-refractivity contribution is 5.77. The van der Waals surface area contributed by atoms with Gasteiger partial charge in [-0.25, -0.2) is 4.39 Å². The van der Waals surface area contributed by atoms with Gasteiger partial charge in [0, 0.05) is 0 Å². The lowest BCUT2D eigenvalue weighted by Crippen LogP contribution is -2.13. The fourth-order valence-electron chi connectivity index (χ4n) is 1.68. The Hall–Kier alpha value is -2.16. The van der Waals surface area contributed by atoms with E-state index in [4.69, 9.17) is 5.73 Å². The zero-order valence-electron chi connectivity index (χ0n) is 9.19. The highest BCUT2D eigenvalue weighted by atomic mass is 19.1. The summed E-state index contributed by atoms with van der Waals surface area (Å²) < 4.78 is 13.0. The minimum Gasteiger partial charge on any atom is -0.369 e. The van der Waals surface area contributed by atoms with Gasteiger partial charge in [-0.15, -0.1) is 0 Å². The van der Waals surface area contributed by atoms with Crippen LogP contribution in [0.25, 0.3) is 11.1 Å². The molecule has 0 saturated carbocycles. The van der Waals surface area contributed by atoms with Crippen molar-refractivity contribution < 1.29 is 9.18 Å². The number of rotatable bonds is 3. The minimum absolute atomic E-state index is 0.226. The van der Waals surface area contributed by atoms with Crippen molar-refractivity contribution >= 4 is 5.91 Å². The number of halogens is 1. The Morgan fingerprint density at radius 2 is 1.76 bits per heavy atom. The quantitative estimate of drug-likeness (QED) is 0.863. The van der Waals surface area contributed by atoms with E-state index in [0.717, 1.165) is 16.7 Å². The number of nitrogens with two attached hydrogens (primary N) is 1. The molecule has 0 aromatic heterocycles. The van der Waals surface area contributed by atoms with Gasteiger partial charge in [0.2, 0.25) is 5.91 Å². The maximum Gasteiger partial charge on any atom is 0.221 e. The number of carbonyl (C=O) groups excluding carboxylic acids is 1. The molecule has 2 N–H and O–H groups in total. The zero-order valence-corrected chi connectivity index (χ0v) is 9.19. The first-order valence-electron chi connectivity index (χ1n) is 5.28. The van der Waals surface area contributed by atoms with E-state index in [0.29, 0.717) is 0 Å². The molecule has 17 heavy (non-hydrogen) atoms. The summed E-state index contributed by atoms with van der Waals surface area (Å²) >= 11 is 0. The van der Waals surface area contributed by atoms with Crippen LogP contribution in [-0.4, -0.2) is 5.91 Å². The van der Waals surface area contributed by atoms with E-state index in [1.807, 2.05) is 30.3 Å². The van der Waals surface area contributed by atoms with Gasteiger partial charge < -0.3 is 5.73 Å². The summed E-state index contributed by atoms with van der Waals surface area (Å²) in [6.45, 7) is 0. The summed E-state index contributed by atoms with van der Waals surface area (Å²) in [6, 6.07) is 13.7. The second-order valence-corrected chi connectivity index (χ2v) is 3.85. The normalized spacial score (nSPS) is 10.2. The van der Waals surface area contributed by atoms with Gasteiger partial charge in [0.05, 0.1) is 6.42 Å². The molecule has 2 aromatic carbocycles. The first-order chi connectivity index (χ1) is 8.15. The highest BCUT2D eigenvalue weighted by Crippen LogP contribution is 2.20. The first kappa shape index (κ1) is 11.3. The van der Waals surface area contributed by atoms with Gasteiger partial charge in [0.25, 0.3) is 0 Å². The van der Waals surface area contributed by atoms with Gasteiger partial charge in [0.15, 0.2) is 0 Å². The third-order valence-electron chi connectivity index (χ3n) is 2.49. The fourth-order valence-corrected chi connectivity index (χ4v) is 1.68. The van der Waals surface area contributed by atoms with E-state index in [9.17, 15) is 9.18 Å². The average Bonchev–Trinajstić information content (AvgIpc) is 2.29. The molecule has 0 atom stereocenters. The number of hydrogen-bond donors (Lipinski definition) is 1.